The maximum Gasteiger partial charge on any atom is 0.243 e. The van der Waals surface area contributed by atoms with Crippen LogP contribution in [0.5, 0.6) is 0 Å². The molecule has 6 nitrogen and oxygen atoms in total. The van der Waals surface area contributed by atoms with Gasteiger partial charge in [-0.2, -0.15) is 0 Å². The molecule has 0 bridgehead atoms. The molecule has 0 spiro atoms. The number of piperazine rings is 1. The zero-order valence-corrected chi connectivity index (χ0v) is 17.1. The second-order valence-corrected chi connectivity index (χ2v) is 7.32. The Kier molecular flexibility index (Phi) is 6.72. The molecule has 0 radical (unpaired) electrons. The molecule has 1 aliphatic heterocycles. The second-order valence-electron chi connectivity index (χ2n) is 6.15. The molecule has 2 aromatic carbocycles. The van der Waals surface area contributed by atoms with Crippen molar-refractivity contribution in [2.24, 2.45) is 0 Å². The average molecular weight is 437 g/mol. The molecule has 28 heavy (non-hydrogen) atoms. The van der Waals surface area contributed by atoms with Gasteiger partial charge in [-0.1, -0.05) is 47.5 Å². The predicted octanol–water partition coefficient (Wildman–Crippen LogP) is 3.52. The van der Waals surface area contributed by atoms with Crippen LogP contribution in [-0.4, -0.2) is 41.0 Å². The predicted molar refractivity (Wildman–Crippen MR) is 116 cm³/mol. The fourth-order valence-electron chi connectivity index (χ4n) is 2.85. The molecule has 1 fully saturated rings. The molecule has 2 aromatic rings. The van der Waals surface area contributed by atoms with Gasteiger partial charge in [-0.05, 0) is 36.5 Å². The highest BCUT2D eigenvalue weighted by Crippen LogP contribution is 2.29. The number of thiocarbonyl (C=S) groups is 1. The number of carbonyl (C=O) groups excluding carboxylic acids is 2. The highest BCUT2D eigenvalue weighted by Gasteiger charge is 2.33. The highest BCUT2D eigenvalue weighted by molar-refractivity contribution is 7.80. The van der Waals surface area contributed by atoms with Crippen LogP contribution in [0, 0.1) is 0 Å². The molecule has 1 saturated heterocycles. The second kappa shape index (κ2) is 9.23. The lowest BCUT2D eigenvalue weighted by Gasteiger charge is -2.36. The summed E-state index contributed by atoms with van der Waals surface area (Å²) in [4.78, 5) is 26.7. The molecular formula is C19H18Cl2N4O2S. The van der Waals surface area contributed by atoms with Crippen LogP contribution in [0.2, 0.25) is 10.0 Å². The summed E-state index contributed by atoms with van der Waals surface area (Å²) in [6.45, 7) is 0.952. The fourth-order valence-corrected chi connectivity index (χ4v) is 3.54. The number of halogens is 2. The number of amides is 2. The van der Waals surface area contributed by atoms with E-state index in [1.165, 1.54) is 0 Å². The van der Waals surface area contributed by atoms with Gasteiger partial charge in [-0.3, -0.25) is 9.59 Å². The van der Waals surface area contributed by atoms with Crippen LogP contribution >= 0.6 is 35.4 Å². The van der Waals surface area contributed by atoms with E-state index in [9.17, 15) is 9.59 Å². The molecule has 146 valence electrons. The van der Waals surface area contributed by atoms with Crippen molar-refractivity contribution in [2.75, 3.05) is 23.7 Å². The van der Waals surface area contributed by atoms with Gasteiger partial charge in [0.1, 0.15) is 6.04 Å². The number of carbonyl (C=O) groups is 2. The van der Waals surface area contributed by atoms with Crippen LogP contribution in [0.25, 0.3) is 0 Å². The third kappa shape index (κ3) is 4.92. The van der Waals surface area contributed by atoms with Crippen molar-refractivity contribution in [1.29, 1.82) is 0 Å². The first-order valence-corrected chi connectivity index (χ1v) is 9.76. The maximum atomic E-state index is 12.5. The van der Waals surface area contributed by atoms with E-state index >= 15 is 0 Å². The molecule has 3 N–H and O–H groups in total. The van der Waals surface area contributed by atoms with Gasteiger partial charge < -0.3 is 20.9 Å². The summed E-state index contributed by atoms with van der Waals surface area (Å²) < 4.78 is 0. The lowest BCUT2D eigenvalue weighted by atomic mass is 10.1. The Morgan fingerprint density at radius 1 is 1.14 bits per heavy atom. The Bertz CT molecular complexity index is 895. The van der Waals surface area contributed by atoms with Gasteiger partial charge in [-0.25, -0.2) is 0 Å². The standard InChI is InChI=1S/C19H18Cl2N4O2S/c20-13-7-4-8-14(17(13)21)24-16(26)11-15-18(27)22-9-10-25(15)19(28)23-12-5-2-1-3-6-12/h1-8,15H,9-11H2,(H,22,27)(H,23,28)(H,24,26). The summed E-state index contributed by atoms with van der Waals surface area (Å²) in [5, 5.41) is 9.57. The maximum absolute atomic E-state index is 12.5. The van der Waals surface area contributed by atoms with Crippen molar-refractivity contribution in [3.63, 3.8) is 0 Å². The van der Waals surface area contributed by atoms with Crippen molar-refractivity contribution >= 4 is 63.7 Å². The van der Waals surface area contributed by atoms with Crippen LogP contribution in [0.3, 0.4) is 0 Å². The van der Waals surface area contributed by atoms with Gasteiger partial charge in [0, 0.05) is 18.8 Å². The van der Waals surface area contributed by atoms with Crippen LogP contribution in [0.1, 0.15) is 6.42 Å². The number of benzene rings is 2. The van der Waals surface area contributed by atoms with E-state index in [4.69, 9.17) is 35.4 Å². The SMILES string of the molecule is O=C(CC1C(=O)NCCN1C(=S)Nc1ccccc1)Nc1cccc(Cl)c1Cl. The molecule has 0 saturated carbocycles. The van der Waals surface area contributed by atoms with Crippen molar-refractivity contribution in [3.8, 4) is 0 Å². The monoisotopic (exact) mass is 436 g/mol. The molecule has 0 aromatic heterocycles. The van der Waals surface area contributed by atoms with Crippen LogP contribution in [0.4, 0.5) is 11.4 Å². The largest absolute Gasteiger partial charge is 0.353 e. The van der Waals surface area contributed by atoms with Crippen LogP contribution < -0.4 is 16.0 Å². The quantitative estimate of drug-likeness (QED) is 0.639. The van der Waals surface area contributed by atoms with Crippen LogP contribution in [0.15, 0.2) is 48.5 Å². The van der Waals surface area contributed by atoms with Crippen molar-refractivity contribution < 1.29 is 9.59 Å². The molecular weight excluding hydrogens is 419 g/mol. The van der Waals surface area contributed by atoms with E-state index in [1.54, 1.807) is 23.1 Å². The first-order chi connectivity index (χ1) is 13.5. The average Bonchev–Trinajstić information content (AvgIpc) is 2.68. The Balaban J connectivity index is 1.70. The Labute approximate surface area is 178 Å². The summed E-state index contributed by atoms with van der Waals surface area (Å²) in [6, 6.07) is 13.6. The summed E-state index contributed by atoms with van der Waals surface area (Å²) >= 11 is 17.6. The topological polar surface area (TPSA) is 73.5 Å². The van der Waals surface area contributed by atoms with E-state index < -0.39 is 6.04 Å². The molecule has 0 aliphatic carbocycles. The van der Waals surface area contributed by atoms with Gasteiger partial charge in [0.05, 0.1) is 22.2 Å². The molecule has 2 amide bonds. The normalized spacial score (nSPS) is 16.3. The zero-order chi connectivity index (χ0) is 20.1. The Hall–Kier alpha value is -2.35. The Morgan fingerprint density at radius 3 is 2.64 bits per heavy atom. The van der Waals surface area contributed by atoms with E-state index in [2.05, 4.69) is 16.0 Å². The molecule has 1 atom stereocenters. The smallest absolute Gasteiger partial charge is 0.243 e. The van der Waals surface area contributed by atoms with E-state index in [1.807, 2.05) is 30.3 Å². The summed E-state index contributed by atoms with van der Waals surface area (Å²) in [7, 11) is 0. The fraction of sp³-hybridized carbons (Fsp3) is 0.211. The van der Waals surface area contributed by atoms with E-state index in [0.717, 1.165) is 5.69 Å². The van der Waals surface area contributed by atoms with E-state index in [0.29, 0.717) is 28.9 Å². The number of hydrogen-bond acceptors (Lipinski definition) is 3. The third-order valence-corrected chi connectivity index (χ3v) is 5.38. The van der Waals surface area contributed by atoms with Crippen molar-refractivity contribution in [2.45, 2.75) is 12.5 Å². The van der Waals surface area contributed by atoms with Crippen molar-refractivity contribution in [3.05, 3.63) is 58.6 Å². The van der Waals surface area contributed by atoms with Gasteiger partial charge in [0.25, 0.3) is 0 Å². The minimum absolute atomic E-state index is 0.0781. The molecule has 1 heterocycles. The summed E-state index contributed by atoms with van der Waals surface area (Å²) in [5.74, 6) is -0.616. The van der Waals surface area contributed by atoms with Gasteiger partial charge in [0.2, 0.25) is 11.8 Å². The molecule has 9 heteroatoms. The minimum atomic E-state index is -0.726. The van der Waals surface area contributed by atoms with Crippen molar-refractivity contribution in [1.82, 2.24) is 10.2 Å². The number of para-hydroxylation sites is 1. The number of nitrogens with one attached hydrogen (secondary N) is 3. The van der Waals surface area contributed by atoms with Gasteiger partial charge in [-0.15, -0.1) is 0 Å². The first-order valence-electron chi connectivity index (χ1n) is 8.60. The van der Waals surface area contributed by atoms with Crippen LogP contribution in [-0.2, 0) is 9.59 Å². The lowest BCUT2D eigenvalue weighted by Crippen LogP contribution is -2.58. The summed E-state index contributed by atoms with van der Waals surface area (Å²) in [6.07, 6.45) is -0.0781. The molecule has 1 aliphatic rings. The minimum Gasteiger partial charge on any atom is -0.353 e. The van der Waals surface area contributed by atoms with E-state index in [-0.39, 0.29) is 23.3 Å². The summed E-state index contributed by atoms with van der Waals surface area (Å²) in [5.41, 5.74) is 1.21. The Morgan fingerprint density at radius 2 is 1.89 bits per heavy atom. The lowest BCUT2D eigenvalue weighted by molar-refractivity contribution is -0.130. The van der Waals surface area contributed by atoms with Gasteiger partial charge in [0.15, 0.2) is 5.11 Å². The number of hydrogen-bond donors (Lipinski definition) is 3. The zero-order valence-electron chi connectivity index (χ0n) is 14.7. The molecule has 1 unspecified atom stereocenters. The third-order valence-electron chi connectivity index (χ3n) is 4.22. The number of nitrogens with zero attached hydrogens (tertiary/aromatic N) is 1. The highest BCUT2D eigenvalue weighted by atomic mass is 35.5. The number of rotatable bonds is 4. The van der Waals surface area contributed by atoms with Gasteiger partial charge >= 0.3 is 0 Å². The number of anilines is 2. The molecule has 3 rings (SSSR count). The first kappa shape index (κ1) is 20.4.